The summed E-state index contributed by atoms with van der Waals surface area (Å²) < 4.78 is 44.3. The Morgan fingerprint density at radius 2 is 2.17 bits per heavy atom. The highest BCUT2D eigenvalue weighted by Crippen LogP contribution is 2.35. The van der Waals surface area contributed by atoms with Crippen molar-refractivity contribution < 1.29 is 17.9 Å². The first kappa shape index (κ1) is 15.8. The molecule has 0 radical (unpaired) electrons. The number of rotatable bonds is 3. The first-order chi connectivity index (χ1) is 10.9. The Hall–Kier alpha value is -2.08. The highest BCUT2D eigenvalue weighted by atomic mass is 19.4. The molecule has 0 unspecified atom stereocenters. The van der Waals surface area contributed by atoms with Crippen LogP contribution in [0.4, 0.5) is 13.2 Å². The quantitative estimate of drug-likeness (QED) is 0.900. The molecule has 122 valence electrons. The Balaban J connectivity index is 2.08. The van der Waals surface area contributed by atoms with Gasteiger partial charge in [0.2, 0.25) is 0 Å². The van der Waals surface area contributed by atoms with Gasteiger partial charge in [-0.05, 0) is 37.1 Å². The van der Waals surface area contributed by atoms with E-state index in [2.05, 4.69) is 16.5 Å². The molecular weight excluding hydrogens is 305 g/mol. The predicted octanol–water partition coefficient (Wildman–Crippen LogP) is 4.55. The average Bonchev–Trinajstić information content (AvgIpc) is 3.15. The van der Waals surface area contributed by atoms with E-state index in [1.807, 2.05) is 0 Å². The average molecular weight is 322 g/mol. The summed E-state index contributed by atoms with van der Waals surface area (Å²) in [4.78, 5) is 7.71. The van der Waals surface area contributed by atoms with E-state index < -0.39 is 11.7 Å². The third-order valence-corrected chi connectivity index (χ3v) is 4.09. The second-order valence-corrected chi connectivity index (χ2v) is 5.68. The van der Waals surface area contributed by atoms with Crippen LogP contribution in [0.5, 0.6) is 0 Å². The third kappa shape index (κ3) is 3.03. The van der Waals surface area contributed by atoms with Crippen LogP contribution in [-0.4, -0.2) is 23.2 Å². The van der Waals surface area contributed by atoms with Gasteiger partial charge in [0.1, 0.15) is 5.82 Å². The number of nitrogens with one attached hydrogen (secondary N) is 1. The maximum Gasteiger partial charge on any atom is 0.416 e. The second-order valence-electron chi connectivity index (χ2n) is 5.68. The van der Waals surface area contributed by atoms with Crippen LogP contribution in [0.1, 0.15) is 35.0 Å². The number of H-pyrrole nitrogens is 1. The van der Waals surface area contributed by atoms with Crippen LogP contribution in [0.2, 0.25) is 0 Å². The van der Waals surface area contributed by atoms with E-state index in [4.69, 9.17) is 4.74 Å². The molecule has 0 bridgehead atoms. The Morgan fingerprint density at radius 1 is 1.39 bits per heavy atom. The van der Waals surface area contributed by atoms with E-state index in [9.17, 15) is 13.2 Å². The van der Waals surface area contributed by atoms with Crippen molar-refractivity contribution in [1.29, 1.82) is 0 Å². The zero-order valence-corrected chi connectivity index (χ0v) is 12.7. The molecule has 0 spiro atoms. The summed E-state index contributed by atoms with van der Waals surface area (Å²) in [5, 5.41) is 0. The summed E-state index contributed by atoms with van der Waals surface area (Å²) in [5.41, 5.74) is 1.67. The van der Waals surface area contributed by atoms with Gasteiger partial charge in [-0.3, -0.25) is 0 Å². The number of ether oxygens (including phenoxy) is 1. The fraction of sp³-hybridized carbons (Fsp3) is 0.353. The van der Waals surface area contributed by atoms with Crippen molar-refractivity contribution in [3.63, 3.8) is 0 Å². The summed E-state index contributed by atoms with van der Waals surface area (Å²) >= 11 is 0. The zero-order valence-electron chi connectivity index (χ0n) is 12.7. The molecule has 2 heterocycles. The summed E-state index contributed by atoms with van der Waals surface area (Å²) in [6.07, 6.45) is -1.94. The second kappa shape index (κ2) is 5.85. The number of hydrogen-bond donors (Lipinski definition) is 1. The van der Waals surface area contributed by atoms with Gasteiger partial charge in [-0.15, -0.1) is 0 Å². The molecular formula is C17H17F3N2O. The topological polar surface area (TPSA) is 37.9 Å². The number of benzene rings is 1. The minimum atomic E-state index is -4.38. The van der Waals surface area contributed by atoms with Gasteiger partial charge in [-0.25, -0.2) is 4.98 Å². The highest BCUT2D eigenvalue weighted by molar-refractivity contribution is 5.73. The lowest BCUT2D eigenvalue weighted by Gasteiger charge is -2.10. The van der Waals surface area contributed by atoms with Gasteiger partial charge < -0.3 is 9.72 Å². The van der Waals surface area contributed by atoms with Gasteiger partial charge in [-0.2, -0.15) is 13.2 Å². The Labute approximate surface area is 132 Å². The predicted molar refractivity (Wildman–Crippen MR) is 82.0 cm³/mol. The number of aromatic amines is 1. The van der Waals surface area contributed by atoms with E-state index in [0.29, 0.717) is 30.2 Å². The molecule has 1 aromatic carbocycles. The molecule has 1 atom stereocenters. The first-order valence-electron chi connectivity index (χ1n) is 7.38. The van der Waals surface area contributed by atoms with Crippen molar-refractivity contribution in [1.82, 2.24) is 9.97 Å². The van der Waals surface area contributed by atoms with Crippen LogP contribution in [0, 0.1) is 6.92 Å². The molecule has 0 aliphatic carbocycles. The van der Waals surface area contributed by atoms with Gasteiger partial charge >= 0.3 is 6.18 Å². The van der Waals surface area contributed by atoms with Crippen molar-refractivity contribution >= 4 is 6.08 Å². The molecule has 1 aromatic heterocycles. The summed E-state index contributed by atoms with van der Waals surface area (Å²) in [6, 6.07) is 3.70. The molecule has 1 saturated heterocycles. The molecule has 1 N–H and O–H groups in total. The summed E-state index contributed by atoms with van der Waals surface area (Å²) in [7, 11) is 0. The number of aryl methyl sites for hydroxylation is 1. The molecule has 23 heavy (non-hydrogen) atoms. The molecule has 0 saturated carbocycles. The van der Waals surface area contributed by atoms with Crippen LogP contribution < -0.4 is 0 Å². The number of aromatic nitrogens is 2. The molecule has 3 rings (SSSR count). The SMILES string of the molecule is C=Cc1[nH]c([C@H]2CCOC2)nc1-c1cc(C(F)(F)F)ccc1C. The number of nitrogens with zero attached hydrogens (tertiary/aromatic N) is 1. The van der Waals surface area contributed by atoms with Crippen LogP contribution in [-0.2, 0) is 10.9 Å². The monoisotopic (exact) mass is 322 g/mol. The lowest BCUT2D eigenvalue weighted by Crippen LogP contribution is -2.05. The number of hydrogen-bond acceptors (Lipinski definition) is 2. The number of imidazole rings is 1. The van der Waals surface area contributed by atoms with Crippen molar-refractivity contribution in [2.24, 2.45) is 0 Å². The lowest BCUT2D eigenvalue weighted by atomic mass is 10.0. The van der Waals surface area contributed by atoms with Gasteiger partial charge in [0, 0.05) is 18.1 Å². The minimum Gasteiger partial charge on any atom is -0.381 e. The van der Waals surface area contributed by atoms with Gasteiger partial charge in [0.25, 0.3) is 0 Å². The first-order valence-corrected chi connectivity index (χ1v) is 7.38. The summed E-state index contributed by atoms with van der Waals surface area (Å²) in [5.74, 6) is 0.887. The van der Waals surface area contributed by atoms with Crippen molar-refractivity contribution in [3.05, 3.63) is 47.4 Å². The Morgan fingerprint density at radius 3 is 2.78 bits per heavy atom. The molecule has 3 nitrogen and oxygen atoms in total. The smallest absolute Gasteiger partial charge is 0.381 e. The minimum absolute atomic E-state index is 0.147. The molecule has 6 heteroatoms. The Bertz CT molecular complexity index is 728. The normalized spacial score (nSPS) is 18.3. The van der Waals surface area contributed by atoms with E-state index in [0.717, 1.165) is 29.9 Å². The van der Waals surface area contributed by atoms with Crippen molar-refractivity contribution in [2.75, 3.05) is 13.2 Å². The molecule has 1 fully saturated rings. The maximum atomic E-state index is 13.0. The van der Waals surface area contributed by atoms with Gasteiger partial charge in [0.05, 0.1) is 23.6 Å². The lowest BCUT2D eigenvalue weighted by molar-refractivity contribution is -0.137. The van der Waals surface area contributed by atoms with E-state index >= 15 is 0 Å². The largest absolute Gasteiger partial charge is 0.416 e. The van der Waals surface area contributed by atoms with Crippen LogP contribution in [0.3, 0.4) is 0 Å². The molecule has 1 aliphatic heterocycles. The van der Waals surface area contributed by atoms with E-state index in [-0.39, 0.29) is 5.92 Å². The zero-order chi connectivity index (χ0) is 16.6. The van der Waals surface area contributed by atoms with Crippen LogP contribution >= 0.6 is 0 Å². The Kier molecular flexibility index (Phi) is 4.02. The third-order valence-electron chi connectivity index (χ3n) is 4.09. The van der Waals surface area contributed by atoms with E-state index in [1.165, 1.54) is 6.07 Å². The fourth-order valence-corrected chi connectivity index (χ4v) is 2.76. The van der Waals surface area contributed by atoms with Crippen molar-refractivity contribution in [3.8, 4) is 11.3 Å². The maximum absolute atomic E-state index is 13.0. The van der Waals surface area contributed by atoms with Crippen LogP contribution in [0.15, 0.2) is 24.8 Å². The summed E-state index contributed by atoms with van der Waals surface area (Å²) in [6.45, 7) is 6.75. The van der Waals surface area contributed by atoms with Crippen LogP contribution in [0.25, 0.3) is 17.3 Å². The number of alkyl halides is 3. The van der Waals surface area contributed by atoms with Gasteiger partial charge in [0.15, 0.2) is 0 Å². The highest BCUT2D eigenvalue weighted by Gasteiger charge is 2.31. The van der Waals surface area contributed by atoms with E-state index in [1.54, 1.807) is 13.0 Å². The molecule has 1 aliphatic rings. The molecule has 2 aromatic rings. The van der Waals surface area contributed by atoms with Gasteiger partial charge in [-0.1, -0.05) is 12.6 Å². The van der Waals surface area contributed by atoms with Crippen molar-refractivity contribution in [2.45, 2.75) is 25.4 Å². The molecule has 0 amide bonds. The fourth-order valence-electron chi connectivity index (χ4n) is 2.76. The number of halogens is 3. The standard InChI is InChI=1S/C17H17F3N2O/c1-3-14-15(22-16(21-14)11-6-7-23-9-11)13-8-12(17(18,19)20)5-4-10(13)2/h3-5,8,11H,1,6-7,9H2,2H3,(H,21,22)/t11-/m0/s1.